The molecule has 1 aliphatic heterocycles. The number of aromatic nitrogens is 3. The third kappa shape index (κ3) is 6.10. The number of fused-ring (bicyclic) bond motifs is 6. The number of sulfonamides is 1. The van der Waals surface area contributed by atoms with Gasteiger partial charge in [0.05, 0.1) is 51.9 Å². The molecule has 284 valence electrons. The molecule has 1 amide bonds. The highest BCUT2D eigenvalue weighted by Crippen LogP contribution is 2.42. The second-order valence-corrected chi connectivity index (χ2v) is 15.4. The lowest BCUT2D eigenvalue weighted by molar-refractivity contribution is -0.177. The van der Waals surface area contributed by atoms with Gasteiger partial charge in [0.2, 0.25) is 10.0 Å². The minimum absolute atomic E-state index is 0.00783. The molecule has 3 aromatic carbocycles. The van der Waals surface area contributed by atoms with E-state index in [1.54, 1.807) is 16.5 Å². The van der Waals surface area contributed by atoms with Crippen LogP contribution in [0.25, 0.3) is 61.0 Å². The summed E-state index contributed by atoms with van der Waals surface area (Å²) < 4.78 is 121. The summed E-state index contributed by atoms with van der Waals surface area (Å²) in [5, 5.41) is 2.84. The van der Waals surface area contributed by atoms with Crippen LogP contribution in [0.3, 0.4) is 0 Å². The predicted octanol–water partition coefficient (Wildman–Crippen LogP) is 7.82. The smallest absolute Gasteiger partial charge is 0.404 e. The minimum Gasteiger partial charge on any atom is -0.455 e. The van der Waals surface area contributed by atoms with E-state index in [-0.39, 0.29) is 86.6 Å². The van der Waals surface area contributed by atoms with E-state index in [2.05, 4.69) is 5.32 Å². The molecule has 1 saturated heterocycles. The number of carbonyl (C=O) groups is 1. The van der Waals surface area contributed by atoms with Gasteiger partial charge >= 0.3 is 6.18 Å². The summed E-state index contributed by atoms with van der Waals surface area (Å²) in [6, 6.07) is 13.0. The van der Waals surface area contributed by atoms with Gasteiger partial charge in [0.15, 0.2) is 5.76 Å². The lowest BCUT2D eigenvalue weighted by Gasteiger charge is -2.26. The zero-order valence-electron chi connectivity index (χ0n) is 29.3. The Morgan fingerprint density at radius 2 is 1.75 bits per heavy atom. The zero-order chi connectivity index (χ0) is 39.1. The Morgan fingerprint density at radius 1 is 0.964 bits per heavy atom. The fraction of sp³-hybridized carbons (Fsp3) is 0.237. The van der Waals surface area contributed by atoms with Crippen LogP contribution in [-0.2, 0) is 16.6 Å². The van der Waals surface area contributed by atoms with Crippen LogP contribution in [0.1, 0.15) is 29.0 Å². The molecule has 7 aromatic rings. The van der Waals surface area contributed by atoms with Crippen molar-refractivity contribution in [3.05, 3.63) is 95.6 Å². The zero-order valence-corrected chi connectivity index (χ0v) is 30.1. The molecule has 0 radical (unpaired) electrons. The van der Waals surface area contributed by atoms with Crippen LogP contribution in [0.5, 0.6) is 0 Å². The second-order valence-electron chi connectivity index (χ2n) is 13.4. The summed E-state index contributed by atoms with van der Waals surface area (Å²) in [5.74, 6) is -3.08. The van der Waals surface area contributed by atoms with Crippen LogP contribution in [-0.4, -0.2) is 72.7 Å². The Balaban J connectivity index is 1.39. The van der Waals surface area contributed by atoms with Crippen LogP contribution < -0.4 is 9.62 Å². The number of benzene rings is 3. The van der Waals surface area contributed by atoms with Crippen molar-refractivity contribution in [1.29, 1.82) is 0 Å². The molecule has 55 heavy (non-hydrogen) atoms. The molecule has 4 aromatic heterocycles. The fourth-order valence-corrected chi connectivity index (χ4v) is 7.89. The highest BCUT2D eigenvalue weighted by Gasteiger charge is 2.46. The molecular weight excluding hydrogens is 751 g/mol. The molecule has 1 N–H and O–H groups in total. The largest absolute Gasteiger partial charge is 0.455 e. The van der Waals surface area contributed by atoms with Crippen molar-refractivity contribution in [2.24, 2.45) is 0 Å². The molecule has 10 nitrogen and oxygen atoms in total. The number of furan rings is 1. The lowest BCUT2D eigenvalue weighted by Crippen LogP contribution is -2.41. The maximum Gasteiger partial charge on any atom is 0.404 e. The highest BCUT2D eigenvalue weighted by molar-refractivity contribution is 7.92. The number of nitrogens with zero attached hydrogens (tertiary/aromatic N) is 5. The number of carbonyl (C=O) groups excluding carboxylic acids is 1. The number of anilines is 1. The second kappa shape index (κ2) is 13.0. The number of pyridine rings is 1. The molecule has 1 atom stereocenters. The topological polar surface area (TPSA) is 113 Å². The van der Waals surface area contributed by atoms with Gasteiger partial charge in [0.1, 0.15) is 40.4 Å². The number of hydrogen-bond acceptors (Lipinski definition) is 7. The Hall–Kier alpha value is -5.68. The van der Waals surface area contributed by atoms with Gasteiger partial charge in [-0.05, 0) is 67.9 Å². The number of halogens is 6. The summed E-state index contributed by atoms with van der Waals surface area (Å²) in [4.78, 5) is 24.3. The Morgan fingerprint density at radius 3 is 2.45 bits per heavy atom. The Kier molecular flexibility index (Phi) is 8.56. The van der Waals surface area contributed by atoms with Gasteiger partial charge in [-0.25, -0.2) is 31.6 Å². The molecule has 8 rings (SSSR count). The van der Waals surface area contributed by atoms with E-state index in [1.165, 1.54) is 55.4 Å². The van der Waals surface area contributed by atoms with Crippen molar-refractivity contribution in [2.75, 3.05) is 31.2 Å². The maximum absolute atomic E-state index is 15.3. The summed E-state index contributed by atoms with van der Waals surface area (Å²) in [5.41, 5.74) is 1.32. The van der Waals surface area contributed by atoms with Crippen molar-refractivity contribution in [2.45, 2.75) is 31.6 Å². The van der Waals surface area contributed by atoms with Crippen molar-refractivity contribution in [3.8, 4) is 22.6 Å². The van der Waals surface area contributed by atoms with Crippen LogP contribution in [0.15, 0.2) is 71.1 Å². The van der Waals surface area contributed by atoms with Gasteiger partial charge in [-0.2, -0.15) is 13.2 Å². The first-order chi connectivity index (χ1) is 26.0. The van der Waals surface area contributed by atoms with Gasteiger partial charge in [-0.15, -0.1) is 0 Å². The van der Waals surface area contributed by atoms with Crippen molar-refractivity contribution in [3.63, 3.8) is 0 Å². The summed E-state index contributed by atoms with van der Waals surface area (Å²) in [6.45, 7) is 0.00912. The van der Waals surface area contributed by atoms with Gasteiger partial charge < -0.3 is 9.73 Å². The fourth-order valence-electron chi connectivity index (χ4n) is 7.38. The van der Waals surface area contributed by atoms with Crippen LogP contribution in [0.2, 0.25) is 0 Å². The molecule has 1 fully saturated rings. The van der Waals surface area contributed by atoms with Gasteiger partial charge in [0, 0.05) is 42.6 Å². The number of amides is 1. The standard InChI is InChI=1S/C38H30F6N6O4S/c1-45-37(51)34-23-15-22(29(48(2)55(3,52)53)17-31(23)54-36(34)20-10-9-19(39)14-25(20)41)26-11-12-27-35(47-26)30-16-21-24(40)6-4-7-28(21)50(30)33(46-27)18-49-13-5-8-32(49)38(42,43)44/h4,6-7,9-12,14-17,32H,5,8,13,18H2,1-3H3,(H,45,51)/t32-/m1/s1. The molecule has 0 bridgehead atoms. The van der Waals surface area contributed by atoms with Crippen LogP contribution >= 0.6 is 0 Å². The molecule has 0 saturated carbocycles. The summed E-state index contributed by atoms with van der Waals surface area (Å²) in [6.07, 6.45) is -3.18. The number of alkyl halides is 3. The Labute approximate surface area is 309 Å². The molecule has 0 unspecified atom stereocenters. The van der Waals surface area contributed by atoms with E-state index in [1.807, 2.05) is 0 Å². The molecule has 0 spiro atoms. The van der Waals surface area contributed by atoms with E-state index >= 15 is 8.78 Å². The average Bonchev–Trinajstić information content (AvgIpc) is 3.86. The predicted molar refractivity (Wildman–Crippen MR) is 195 cm³/mol. The third-order valence-electron chi connectivity index (χ3n) is 10.1. The van der Waals surface area contributed by atoms with E-state index < -0.39 is 45.6 Å². The van der Waals surface area contributed by atoms with Gasteiger partial charge in [-0.3, -0.25) is 18.4 Å². The molecule has 5 heterocycles. The van der Waals surface area contributed by atoms with Gasteiger partial charge in [-0.1, -0.05) is 6.07 Å². The van der Waals surface area contributed by atoms with E-state index in [0.717, 1.165) is 22.7 Å². The van der Waals surface area contributed by atoms with E-state index in [4.69, 9.17) is 14.4 Å². The minimum atomic E-state index is -4.45. The molecule has 0 aliphatic carbocycles. The quantitative estimate of drug-likeness (QED) is 0.164. The summed E-state index contributed by atoms with van der Waals surface area (Å²) in [7, 11) is -1.28. The average molecular weight is 781 g/mol. The maximum atomic E-state index is 15.3. The third-order valence-corrected chi connectivity index (χ3v) is 11.2. The van der Waals surface area contributed by atoms with Crippen LogP contribution in [0.4, 0.5) is 32.0 Å². The molecule has 1 aliphatic rings. The first-order valence-electron chi connectivity index (χ1n) is 17.0. The lowest BCUT2D eigenvalue weighted by atomic mass is 10.0. The number of hydrogen-bond donors (Lipinski definition) is 1. The van der Waals surface area contributed by atoms with Crippen LogP contribution in [0, 0.1) is 17.5 Å². The van der Waals surface area contributed by atoms with E-state index in [0.29, 0.717) is 23.5 Å². The first kappa shape index (κ1) is 36.3. The van der Waals surface area contributed by atoms with Gasteiger partial charge in [0.25, 0.3) is 5.91 Å². The van der Waals surface area contributed by atoms with E-state index in [9.17, 15) is 30.8 Å². The Bertz CT molecular complexity index is 2840. The van der Waals surface area contributed by atoms with Crippen molar-refractivity contribution >= 4 is 60.0 Å². The highest BCUT2D eigenvalue weighted by atomic mass is 32.2. The molecular formula is C38H30F6N6O4S. The number of nitrogens with one attached hydrogen (secondary N) is 1. The number of rotatable bonds is 7. The number of likely N-dealkylation sites (tertiary alicyclic amines) is 1. The normalized spacial score (nSPS) is 15.5. The molecule has 17 heteroatoms. The first-order valence-corrected chi connectivity index (χ1v) is 18.8. The SMILES string of the molecule is CNC(=O)c1c(-c2ccc(F)cc2F)oc2cc(N(C)S(C)(=O)=O)c(-c3ccc4nc(CN5CCC[C@@H]5C(F)(F)F)n5c6cccc(F)c6cc5c4n3)cc12. The summed E-state index contributed by atoms with van der Waals surface area (Å²) >= 11 is 0. The monoisotopic (exact) mass is 780 g/mol. The van der Waals surface area contributed by atoms with Crippen molar-refractivity contribution < 1.29 is 44.0 Å². The van der Waals surface area contributed by atoms with Crippen molar-refractivity contribution in [1.82, 2.24) is 24.6 Å².